The topological polar surface area (TPSA) is 44.1 Å². The van der Waals surface area contributed by atoms with Crippen LogP contribution in [0.4, 0.5) is 17.6 Å². The van der Waals surface area contributed by atoms with Gasteiger partial charge in [0.15, 0.2) is 17.1 Å². The van der Waals surface area contributed by atoms with Gasteiger partial charge in [-0.1, -0.05) is 6.92 Å². The third-order valence-electron chi connectivity index (χ3n) is 2.01. The highest BCUT2D eigenvalue weighted by Crippen LogP contribution is 2.42. The molecule has 102 valence electrons. The molecule has 18 heavy (non-hydrogen) atoms. The van der Waals surface area contributed by atoms with Crippen molar-refractivity contribution < 1.29 is 27.1 Å². The minimum atomic E-state index is -3.97. The lowest BCUT2D eigenvalue weighted by molar-refractivity contribution is -0.134. The summed E-state index contributed by atoms with van der Waals surface area (Å²) in [5.41, 5.74) is -2.13. The number of ether oxygens (including phenoxy) is 1. The molecule has 0 saturated heterocycles. The van der Waals surface area contributed by atoms with Gasteiger partial charge in [-0.25, -0.2) is 8.78 Å². The number of halogens is 5. The number of hydrogen-bond acceptors (Lipinski definition) is 3. The van der Waals surface area contributed by atoms with Gasteiger partial charge in [-0.3, -0.25) is 9.48 Å². The highest BCUT2D eigenvalue weighted by atomic mass is 35.5. The van der Waals surface area contributed by atoms with E-state index < -0.39 is 34.9 Å². The Labute approximate surface area is 104 Å². The second kappa shape index (κ2) is 5.13. The molecule has 0 aliphatic heterocycles. The molecule has 0 N–H and O–H groups in total. The van der Waals surface area contributed by atoms with Crippen molar-refractivity contribution in [2.45, 2.75) is 25.2 Å². The van der Waals surface area contributed by atoms with Crippen molar-refractivity contribution in [2.75, 3.05) is 0 Å². The van der Waals surface area contributed by atoms with E-state index in [1.807, 2.05) is 0 Å². The number of rotatable bonds is 4. The van der Waals surface area contributed by atoms with E-state index in [1.54, 1.807) is 0 Å². The highest BCUT2D eigenvalue weighted by Gasteiger charge is 2.40. The molecule has 0 atom stereocenters. The highest BCUT2D eigenvalue weighted by molar-refractivity contribution is 6.21. The van der Waals surface area contributed by atoms with Crippen molar-refractivity contribution in [3.05, 3.63) is 11.4 Å². The Morgan fingerprint density at radius 1 is 1.56 bits per heavy atom. The zero-order valence-electron chi connectivity index (χ0n) is 9.39. The summed E-state index contributed by atoms with van der Waals surface area (Å²) < 4.78 is 56.3. The first-order valence-electron chi connectivity index (χ1n) is 4.81. The van der Waals surface area contributed by atoms with Gasteiger partial charge in [0, 0.05) is 13.5 Å². The van der Waals surface area contributed by atoms with Crippen LogP contribution in [0.3, 0.4) is 0 Å². The van der Waals surface area contributed by atoms with Gasteiger partial charge in [-0.15, -0.1) is 0 Å². The molecule has 1 aromatic rings. The first-order valence-corrected chi connectivity index (χ1v) is 5.19. The molecule has 0 bridgehead atoms. The van der Waals surface area contributed by atoms with E-state index >= 15 is 0 Å². The minimum Gasteiger partial charge on any atom is -0.422 e. The molecule has 0 unspecified atom stereocenters. The third-order valence-corrected chi connectivity index (χ3v) is 2.19. The Morgan fingerprint density at radius 3 is 2.50 bits per heavy atom. The fourth-order valence-electron chi connectivity index (χ4n) is 1.27. The average molecular weight is 289 g/mol. The number of aryl methyl sites for hydroxylation is 1. The van der Waals surface area contributed by atoms with E-state index in [-0.39, 0.29) is 6.42 Å². The van der Waals surface area contributed by atoms with Gasteiger partial charge < -0.3 is 4.74 Å². The molecule has 0 aliphatic carbocycles. The molecule has 0 fully saturated rings. The van der Waals surface area contributed by atoms with Crippen LogP contribution in [-0.4, -0.2) is 15.7 Å². The van der Waals surface area contributed by atoms with Crippen LogP contribution in [0.15, 0.2) is 0 Å². The first-order chi connectivity index (χ1) is 8.18. The smallest absolute Gasteiger partial charge is 0.368 e. The van der Waals surface area contributed by atoms with Crippen LogP contribution in [0, 0.1) is 0 Å². The molecule has 1 rings (SSSR count). The van der Waals surface area contributed by atoms with Crippen molar-refractivity contribution in [3.63, 3.8) is 0 Å². The van der Waals surface area contributed by atoms with E-state index in [0.717, 1.165) is 7.05 Å². The summed E-state index contributed by atoms with van der Waals surface area (Å²) in [6.45, 7) is 1.39. The minimum absolute atomic E-state index is 0.162. The lowest BCUT2D eigenvalue weighted by Gasteiger charge is -2.11. The van der Waals surface area contributed by atoms with Gasteiger partial charge in [0.2, 0.25) is 0 Å². The largest absolute Gasteiger partial charge is 0.422 e. The Bertz CT molecular complexity index is 456. The van der Waals surface area contributed by atoms with Gasteiger partial charge in [-0.05, 0) is 11.6 Å². The van der Waals surface area contributed by atoms with Crippen molar-refractivity contribution in [2.24, 2.45) is 7.05 Å². The van der Waals surface area contributed by atoms with Crippen LogP contribution >= 0.6 is 11.6 Å². The average Bonchev–Trinajstić information content (AvgIpc) is 2.54. The third kappa shape index (κ3) is 2.92. The zero-order valence-corrected chi connectivity index (χ0v) is 10.1. The van der Waals surface area contributed by atoms with Crippen molar-refractivity contribution in [1.82, 2.24) is 9.78 Å². The number of alkyl halides is 5. The summed E-state index contributed by atoms with van der Waals surface area (Å²) in [5.74, 6) is -1.92. The summed E-state index contributed by atoms with van der Waals surface area (Å²) >= 11 is 4.78. The van der Waals surface area contributed by atoms with Crippen LogP contribution in [-0.2, 0) is 17.2 Å². The Balaban J connectivity index is 3.37. The fraction of sp³-hybridized carbons (Fsp3) is 0.556. The molecule has 0 aliphatic rings. The predicted molar refractivity (Wildman–Crippen MR) is 53.8 cm³/mol. The molecular formula is C9H9ClF4N2O2. The van der Waals surface area contributed by atoms with E-state index in [4.69, 9.17) is 11.6 Å². The van der Waals surface area contributed by atoms with Gasteiger partial charge in [0.05, 0.1) is 0 Å². The number of hydrogen-bond donors (Lipinski definition) is 0. The van der Waals surface area contributed by atoms with Crippen molar-refractivity contribution >= 4 is 17.6 Å². The van der Waals surface area contributed by atoms with Crippen LogP contribution in [0.2, 0.25) is 0 Å². The maximum atomic E-state index is 13.1. The number of carbonyl (C=O) groups is 1. The molecule has 0 spiro atoms. The second-order valence-electron chi connectivity index (χ2n) is 3.31. The first kappa shape index (κ1) is 14.7. The fourth-order valence-corrected chi connectivity index (χ4v) is 1.47. The molecule has 0 radical (unpaired) electrons. The van der Waals surface area contributed by atoms with Crippen LogP contribution in [0.1, 0.15) is 31.2 Å². The van der Waals surface area contributed by atoms with Gasteiger partial charge in [0.1, 0.15) is 0 Å². The lowest BCUT2D eigenvalue weighted by Crippen LogP contribution is -2.15. The maximum Gasteiger partial charge on any atom is 0.368 e. The summed E-state index contributed by atoms with van der Waals surface area (Å²) in [4.78, 5) is 11.1. The van der Waals surface area contributed by atoms with E-state index in [9.17, 15) is 22.4 Å². The monoisotopic (exact) mass is 288 g/mol. The molecule has 4 nitrogen and oxygen atoms in total. The SMILES string of the molecule is CCC(=O)Oc1c(C(F)F)nn(C)c1C(F)(F)Cl. The summed E-state index contributed by atoms with van der Waals surface area (Å²) in [6, 6.07) is 0. The Kier molecular flexibility index (Phi) is 4.20. The second-order valence-corrected chi connectivity index (χ2v) is 3.79. The van der Waals surface area contributed by atoms with Crippen LogP contribution in [0.5, 0.6) is 5.75 Å². The summed E-state index contributed by atoms with van der Waals surface area (Å²) in [5, 5.41) is -0.785. The number of aromatic nitrogens is 2. The van der Waals surface area contributed by atoms with Gasteiger partial charge >= 0.3 is 11.4 Å². The van der Waals surface area contributed by atoms with Crippen LogP contribution in [0.25, 0.3) is 0 Å². The van der Waals surface area contributed by atoms with Crippen LogP contribution < -0.4 is 4.74 Å². The standard InChI is InChI=1S/C9H9ClF4N2O2/c1-3-4(17)18-6-5(8(11)12)15-16(2)7(6)9(10,13)14/h8H,3H2,1-2H3. The van der Waals surface area contributed by atoms with E-state index in [1.165, 1.54) is 6.92 Å². The quantitative estimate of drug-likeness (QED) is 0.486. The molecular weight excluding hydrogens is 280 g/mol. The molecule has 1 heterocycles. The number of carbonyl (C=O) groups excluding carboxylic acids is 1. The van der Waals surface area contributed by atoms with Gasteiger partial charge in [-0.2, -0.15) is 13.9 Å². The predicted octanol–water partition coefficient (Wildman–Crippen LogP) is 2.96. The molecule has 0 amide bonds. The molecule has 0 aromatic carbocycles. The van der Waals surface area contributed by atoms with E-state index in [2.05, 4.69) is 9.84 Å². The Morgan fingerprint density at radius 2 is 2.11 bits per heavy atom. The normalized spacial score (nSPS) is 12.0. The summed E-state index contributed by atoms with van der Waals surface area (Å²) in [7, 11) is 1.00. The summed E-state index contributed by atoms with van der Waals surface area (Å²) in [6.07, 6.45) is -3.33. The zero-order chi connectivity index (χ0) is 14.1. The molecule has 0 saturated carbocycles. The van der Waals surface area contributed by atoms with Crippen molar-refractivity contribution in [1.29, 1.82) is 0 Å². The lowest BCUT2D eigenvalue weighted by atomic mass is 10.3. The number of esters is 1. The van der Waals surface area contributed by atoms with E-state index in [0.29, 0.717) is 4.68 Å². The maximum absolute atomic E-state index is 13.1. The molecule has 1 aromatic heterocycles. The van der Waals surface area contributed by atoms with Gasteiger partial charge in [0.25, 0.3) is 6.43 Å². The molecule has 9 heteroatoms. The number of nitrogens with zero attached hydrogens (tertiary/aromatic N) is 2. The van der Waals surface area contributed by atoms with Crippen molar-refractivity contribution in [3.8, 4) is 5.75 Å². The Hall–Kier alpha value is -1.31.